The van der Waals surface area contributed by atoms with E-state index < -0.39 is 6.10 Å². The lowest BCUT2D eigenvalue weighted by molar-refractivity contribution is 0.100. The van der Waals surface area contributed by atoms with E-state index >= 15 is 0 Å². The van der Waals surface area contributed by atoms with Gasteiger partial charge in [0.25, 0.3) is 0 Å². The Morgan fingerprint density at radius 1 is 0.762 bits per heavy atom. The van der Waals surface area contributed by atoms with Crippen molar-refractivity contribution in [3.05, 3.63) is 83.9 Å². The smallest absolute Gasteiger partial charge is 0.0881 e. The summed E-state index contributed by atoms with van der Waals surface area (Å²) in [7, 11) is 0. The average Bonchev–Trinajstić information content (AvgIpc) is 2.54. The van der Waals surface area contributed by atoms with E-state index in [2.05, 4.69) is 50.2 Å². The molecule has 1 heteroatoms. The first kappa shape index (κ1) is 13.8. The highest BCUT2D eigenvalue weighted by Gasteiger charge is 2.30. The standard InChI is InChI=1S/C20H20O/c1-20(2,18-10-4-3-5-11-18)19(21)17-13-12-15-8-6-7-9-16(15)14-17/h3-14,19,21H,1-2H3. The van der Waals surface area contributed by atoms with E-state index in [4.69, 9.17) is 0 Å². The molecule has 1 nitrogen and oxygen atoms in total. The maximum absolute atomic E-state index is 10.9. The van der Waals surface area contributed by atoms with Gasteiger partial charge in [0.2, 0.25) is 0 Å². The van der Waals surface area contributed by atoms with E-state index in [-0.39, 0.29) is 5.41 Å². The van der Waals surface area contributed by atoms with Crippen molar-refractivity contribution in [3.8, 4) is 0 Å². The molecular formula is C20H20O. The molecule has 0 aliphatic heterocycles. The zero-order chi connectivity index (χ0) is 14.9. The van der Waals surface area contributed by atoms with Crippen LogP contribution >= 0.6 is 0 Å². The highest BCUT2D eigenvalue weighted by molar-refractivity contribution is 5.83. The fraction of sp³-hybridized carbons (Fsp3) is 0.200. The minimum Gasteiger partial charge on any atom is -0.388 e. The number of rotatable bonds is 3. The van der Waals surface area contributed by atoms with E-state index in [0.29, 0.717) is 0 Å². The second-order valence-corrected chi connectivity index (χ2v) is 6.10. The van der Waals surface area contributed by atoms with Crippen molar-refractivity contribution in [2.24, 2.45) is 0 Å². The zero-order valence-electron chi connectivity index (χ0n) is 12.5. The molecule has 0 bridgehead atoms. The van der Waals surface area contributed by atoms with Gasteiger partial charge in [-0.2, -0.15) is 0 Å². The Kier molecular flexibility index (Phi) is 3.52. The Hall–Kier alpha value is -2.12. The third kappa shape index (κ3) is 2.57. The van der Waals surface area contributed by atoms with Crippen molar-refractivity contribution in [1.82, 2.24) is 0 Å². The van der Waals surface area contributed by atoms with Gasteiger partial charge in [-0.3, -0.25) is 0 Å². The lowest BCUT2D eigenvalue weighted by atomic mass is 9.76. The second-order valence-electron chi connectivity index (χ2n) is 6.10. The molecule has 0 saturated carbocycles. The summed E-state index contributed by atoms with van der Waals surface area (Å²) in [6.07, 6.45) is -0.537. The highest BCUT2D eigenvalue weighted by Crippen LogP contribution is 2.37. The van der Waals surface area contributed by atoms with Crippen molar-refractivity contribution in [3.63, 3.8) is 0 Å². The molecule has 1 unspecified atom stereocenters. The molecule has 1 N–H and O–H groups in total. The predicted octanol–water partition coefficient (Wildman–Crippen LogP) is 4.85. The predicted molar refractivity (Wildman–Crippen MR) is 88.4 cm³/mol. The molecule has 0 aliphatic rings. The van der Waals surface area contributed by atoms with Crippen LogP contribution in [0.2, 0.25) is 0 Å². The van der Waals surface area contributed by atoms with Gasteiger partial charge >= 0.3 is 0 Å². The van der Waals surface area contributed by atoms with Crippen LogP contribution in [0.4, 0.5) is 0 Å². The monoisotopic (exact) mass is 276 g/mol. The molecule has 3 rings (SSSR count). The molecule has 3 aromatic carbocycles. The largest absolute Gasteiger partial charge is 0.388 e. The van der Waals surface area contributed by atoms with Gasteiger partial charge in [-0.05, 0) is 28.0 Å². The Bertz CT molecular complexity index is 744. The van der Waals surface area contributed by atoms with Crippen LogP contribution in [0.25, 0.3) is 10.8 Å². The zero-order valence-corrected chi connectivity index (χ0v) is 12.5. The van der Waals surface area contributed by atoms with Crippen molar-refractivity contribution in [2.75, 3.05) is 0 Å². The fourth-order valence-corrected chi connectivity index (χ4v) is 2.82. The number of benzene rings is 3. The maximum atomic E-state index is 10.9. The van der Waals surface area contributed by atoms with Crippen LogP contribution in [0.1, 0.15) is 31.1 Å². The Labute approximate surface area is 125 Å². The Morgan fingerprint density at radius 3 is 2.10 bits per heavy atom. The third-order valence-electron chi connectivity index (χ3n) is 4.29. The molecule has 0 aliphatic carbocycles. The van der Waals surface area contributed by atoms with Gasteiger partial charge in [-0.1, -0.05) is 80.6 Å². The van der Waals surface area contributed by atoms with Gasteiger partial charge in [-0.15, -0.1) is 0 Å². The SMILES string of the molecule is CC(C)(c1ccccc1)C(O)c1ccc2ccccc2c1. The van der Waals surface area contributed by atoms with Crippen molar-refractivity contribution < 1.29 is 5.11 Å². The molecule has 0 aromatic heterocycles. The normalized spacial score (nSPS) is 13.3. The first-order chi connectivity index (χ1) is 10.1. The number of hydrogen-bond donors (Lipinski definition) is 1. The first-order valence-electron chi connectivity index (χ1n) is 7.31. The quantitative estimate of drug-likeness (QED) is 0.725. The molecular weight excluding hydrogens is 256 g/mol. The molecule has 3 aromatic rings. The average molecular weight is 276 g/mol. The molecule has 0 amide bonds. The fourth-order valence-electron chi connectivity index (χ4n) is 2.82. The third-order valence-corrected chi connectivity index (χ3v) is 4.29. The number of fused-ring (bicyclic) bond motifs is 1. The summed E-state index contributed by atoms with van der Waals surface area (Å²) in [5.74, 6) is 0. The topological polar surface area (TPSA) is 20.2 Å². The lowest BCUT2D eigenvalue weighted by Gasteiger charge is -2.31. The van der Waals surface area contributed by atoms with Crippen LogP contribution in [0, 0.1) is 0 Å². The van der Waals surface area contributed by atoms with Gasteiger partial charge in [0.15, 0.2) is 0 Å². The molecule has 106 valence electrons. The minimum atomic E-state index is -0.537. The number of hydrogen-bond acceptors (Lipinski definition) is 1. The molecule has 1 atom stereocenters. The van der Waals surface area contributed by atoms with Gasteiger partial charge in [0.1, 0.15) is 0 Å². The van der Waals surface area contributed by atoms with Crippen molar-refractivity contribution in [2.45, 2.75) is 25.4 Å². The van der Waals surface area contributed by atoms with Crippen LogP contribution in [-0.4, -0.2) is 5.11 Å². The molecule has 0 spiro atoms. The molecule has 0 saturated heterocycles. The van der Waals surface area contributed by atoms with E-state index in [1.165, 1.54) is 5.39 Å². The second kappa shape index (κ2) is 5.34. The van der Waals surface area contributed by atoms with Crippen LogP contribution in [0.5, 0.6) is 0 Å². The highest BCUT2D eigenvalue weighted by atomic mass is 16.3. The van der Waals surface area contributed by atoms with E-state index in [0.717, 1.165) is 16.5 Å². The van der Waals surface area contributed by atoms with Gasteiger partial charge in [0.05, 0.1) is 6.10 Å². The van der Waals surface area contributed by atoms with Gasteiger partial charge in [0, 0.05) is 5.41 Å². The minimum absolute atomic E-state index is 0.330. The molecule has 0 heterocycles. The van der Waals surface area contributed by atoms with E-state index in [1.807, 2.05) is 36.4 Å². The summed E-state index contributed by atoms with van der Waals surface area (Å²) in [6, 6.07) is 24.6. The van der Waals surface area contributed by atoms with E-state index in [9.17, 15) is 5.11 Å². The van der Waals surface area contributed by atoms with Crippen LogP contribution in [-0.2, 0) is 5.41 Å². The summed E-state index contributed by atoms with van der Waals surface area (Å²) in [6.45, 7) is 4.17. The molecule has 0 fully saturated rings. The summed E-state index contributed by atoms with van der Waals surface area (Å²) in [5, 5.41) is 13.2. The van der Waals surface area contributed by atoms with Gasteiger partial charge in [-0.25, -0.2) is 0 Å². The number of aliphatic hydroxyl groups is 1. The van der Waals surface area contributed by atoms with Crippen LogP contribution in [0.3, 0.4) is 0 Å². The molecule has 21 heavy (non-hydrogen) atoms. The first-order valence-corrected chi connectivity index (χ1v) is 7.31. The van der Waals surface area contributed by atoms with Crippen LogP contribution < -0.4 is 0 Å². The Morgan fingerprint density at radius 2 is 1.38 bits per heavy atom. The lowest BCUT2D eigenvalue weighted by Crippen LogP contribution is -2.26. The van der Waals surface area contributed by atoms with Gasteiger partial charge < -0.3 is 5.11 Å². The van der Waals surface area contributed by atoms with Crippen LogP contribution in [0.15, 0.2) is 72.8 Å². The summed E-state index contributed by atoms with van der Waals surface area (Å²) in [5.41, 5.74) is 1.78. The van der Waals surface area contributed by atoms with E-state index in [1.54, 1.807) is 0 Å². The van der Waals surface area contributed by atoms with Crippen molar-refractivity contribution >= 4 is 10.8 Å². The maximum Gasteiger partial charge on any atom is 0.0881 e. The molecule has 0 radical (unpaired) electrons. The summed E-state index contributed by atoms with van der Waals surface area (Å²) in [4.78, 5) is 0. The number of aliphatic hydroxyl groups excluding tert-OH is 1. The Balaban J connectivity index is 2.01. The van der Waals surface area contributed by atoms with Crippen molar-refractivity contribution in [1.29, 1.82) is 0 Å². The summed E-state index contributed by atoms with van der Waals surface area (Å²) < 4.78 is 0. The summed E-state index contributed by atoms with van der Waals surface area (Å²) >= 11 is 0.